The summed E-state index contributed by atoms with van der Waals surface area (Å²) in [5.74, 6) is -0.0219. The summed E-state index contributed by atoms with van der Waals surface area (Å²) in [6, 6.07) is 0.603. The normalized spacial score (nSPS) is 24.2. The number of rotatable bonds is 6. The van der Waals surface area contributed by atoms with Crippen LogP contribution in [0.4, 0.5) is 0 Å². The van der Waals surface area contributed by atoms with E-state index in [1.54, 1.807) is 0 Å². The molecule has 0 saturated carbocycles. The molecule has 0 aromatic carbocycles. The van der Waals surface area contributed by atoms with E-state index < -0.39 is 10.0 Å². The Balaban J connectivity index is 2.12. The van der Waals surface area contributed by atoms with Gasteiger partial charge in [-0.05, 0) is 13.3 Å². The van der Waals surface area contributed by atoms with E-state index in [1.807, 2.05) is 6.92 Å². The van der Waals surface area contributed by atoms with Crippen LogP contribution >= 0.6 is 0 Å². The van der Waals surface area contributed by atoms with Gasteiger partial charge in [0.2, 0.25) is 10.0 Å². The molecule has 1 saturated heterocycles. The lowest BCUT2D eigenvalue weighted by atomic mass is 10.1. The van der Waals surface area contributed by atoms with E-state index in [2.05, 4.69) is 10.6 Å². The Labute approximate surface area is 97.0 Å². The molecule has 0 bridgehead atoms. The van der Waals surface area contributed by atoms with Crippen LogP contribution in [0.2, 0.25) is 0 Å². The minimum Gasteiger partial charge on any atom is -0.379 e. The van der Waals surface area contributed by atoms with Crippen molar-refractivity contribution >= 4 is 10.0 Å². The Morgan fingerprint density at radius 1 is 1.62 bits per heavy atom. The summed E-state index contributed by atoms with van der Waals surface area (Å²) < 4.78 is 26.8. The van der Waals surface area contributed by atoms with Gasteiger partial charge in [-0.15, -0.1) is 0 Å². The summed E-state index contributed by atoms with van der Waals surface area (Å²) in [4.78, 5) is 0. The summed E-state index contributed by atoms with van der Waals surface area (Å²) >= 11 is 0. The lowest BCUT2D eigenvalue weighted by Gasteiger charge is -2.26. The van der Waals surface area contributed by atoms with E-state index in [-0.39, 0.29) is 11.8 Å². The molecule has 1 aliphatic rings. The van der Waals surface area contributed by atoms with Crippen LogP contribution in [0.15, 0.2) is 0 Å². The molecule has 4 N–H and O–H groups in total. The van der Waals surface area contributed by atoms with Crippen molar-refractivity contribution in [2.75, 3.05) is 32.1 Å². The van der Waals surface area contributed by atoms with Crippen LogP contribution in [0.1, 0.15) is 13.3 Å². The minimum absolute atomic E-state index is 0.0219. The largest absolute Gasteiger partial charge is 0.379 e. The van der Waals surface area contributed by atoms with E-state index in [1.165, 1.54) is 0 Å². The van der Waals surface area contributed by atoms with Crippen LogP contribution in [0.3, 0.4) is 0 Å². The molecule has 0 aromatic heterocycles. The fourth-order valence-electron chi connectivity index (χ4n) is 1.73. The number of nitrogens with two attached hydrogens (primary N) is 1. The molecule has 1 rings (SSSR count). The van der Waals surface area contributed by atoms with Crippen LogP contribution in [0, 0.1) is 0 Å². The van der Waals surface area contributed by atoms with Gasteiger partial charge in [0.15, 0.2) is 0 Å². The van der Waals surface area contributed by atoms with Crippen molar-refractivity contribution in [3.8, 4) is 0 Å². The lowest BCUT2D eigenvalue weighted by Crippen LogP contribution is -2.45. The molecule has 96 valence electrons. The zero-order valence-electron chi connectivity index (χ0n) is 9.61. The third-order valence-electron chi connectivity index (χ3n) is 2.52. The van der Waals surface area contributed by atoms with Crippen molar-refractivity contribution in [3.63, 3.8) is 0 Å². The monoisotopic (exact) mass is 251 g/mol. The second-order valence-electron chi connectivity index (χ2n) is 4.18. The smallest absolute Gasteiger partial charge is 0.210 e. The average molecular weight is 251 g/mol. The van der Waals surface area contributed by atoms with Crippen LogP contribution < -0.4 is 15.8 Å². The van der Waals surface area contributed by atoms with E-state index in [0.29, 0.717) is 12.6 Å². The molecular formula is C9H21N3O3S. The van der Waals surface area contributed by atoms with Gasteiger partial charge in [0.1, 0.15) is 0 Å². The Hall–Kier alpha value is -0.210. The quantitative estimate of drug-likeness (QED) is 0.541. The first-order chi connectivity index (χ1) is 7.47. The third kappa shape index (κ3) is 6.39. The van der Waals surface area contributed by atoms with E-state index in [9.17, 15) is 8.42 Å². The highest BCUT2D eigenvalue weighted by atomic mass is 32.2. The number of morpholine rings is 1. The van der Waals surface area contributed by atoms with Crippen molar-refractivity contribution in [3.05, 3.63) is 0 Å². The maximum atomic E-state index is 10.7. The van der Waals surface area contributed by atoms with Gasteiger partial charge in [0.25, 0.3) is 0 Å². The number of hydrogen-bond acceptors (Lipinski definition) is 5. The molecule has 0 radical (unpaired) electrons. The zero-order valence-corrected chi connectivity index (χ0v) is 10.4. The van der Waals surface area contributed by atoms with Crippen LogP contribution in [0.5, 0.6) is 0 Å². The van der Waals surface area contributed by atoms with Crippen molar-refractivity contribution in [2.45, 2.75) is 25.4 Å². The molecule has 1 fully saturated rings. The minimum atomic E-state index is -3.36. The third-order valence-corrected chi connectivity index (χ3v) is 3.29. The molecular weight excluding hydrogens is 230 g/mol. The van der Waals surface area contributed by atoms with Crippen LogP contribution in [-0.2, 0) is 14.8 Å². The van der Waals surface area contributed by atoms with Crippen molar-refractivity contribution in [1.29, 1.82) is 0 Å². The maximum absolute atomic E-state index is 10.7. The first kappa shape index (κ1) is 13.9. The fraction of sp³-hybridized carbons (Fsp3) is 1.00. The molecule has 0 spiro atoms. The maximum Gasteiger partial charge on any atom is 0.210 e. The molecule has 6 nitrogen and oxygen atoms in total. The first-order valence-electron chi connectivity index (χ1n) is 5.52. The van der Waals surface area contributed by atoms with Crippen molar-refractivity contribution < 1.29 is 13.2 Å². The number of nitrogens with one attached hydrogen (secondary N) is 2. The van der Waals surface area contributed by atoms with E-state index >= 15 is 0 Å². The van der Waals surface area contributed by atoms with Gasteiger partial charge >= 0.3 is 0 Å². The van der Waals surface area contributed by atoms with Gasteiger partial charge in [-0.25, -0.2) is 13.6 Å². The fourth-order valence-corrected chi connectivity index (χ4v) is 2.13. The molecule has 7 heteroatoms. The predicted octanol–water partition coefficient (Wildman–Crippen LogP) is -1.37. The Morgan fingerprint density at radius 2 is 2.38 bits per heavy atom. The lowest BCUT2D eigenvalue weighted by molar-refractivity contribution is 0.0713. The summed E-state index contributed by atoms with van der Waals surface area (Å²) in [6.45, 7) is 4.80. The summed E-state index contributed by atoms with van der Waals surface area (Å²) in [5, 5.41) is 11.4. The van der Waals surface area contributed by atoms with Crippen LogP contribution in [-0.4, -0.2) is 52.6 Å². The SMILES string of the molecule is CC(CC1COCCN1)NCCS(N)(=O)=O. The van der Waals surface area contributed by atoms with Crippen molar-refractivity contribution in [2.24, 2.45) is 5.14 Å². The second-order valence-corrected chi connectivity index (χ2v) is 5.92. The highest BCUT2D eigenvalue weighted by Gasteiger charge is 2.16. The molecule has 2 unspecified atom stereocenters. The van der Waals surface area contributed by atoms with Crippen LogP contribution in [0.25, 0.3) is 0 Å². The van der Waals surface area contributed by atoms with Crippen molar-refractivity contribution in [1.82, 2.24) is 10.6 Å². The van der Waals surface area contributed by atoms with Gasteiger partial charge in [-0.2, -0.15) is 0 Å². The van der Waals surface area contributed by atoms with Gasteiger partial charge in [0, 0.05) is 25.2 Å². The standard InChI is InChI=1S/C9H21N3O3S/c1-8(11-3-5-16(10,13)14)6-9-7-15-4-2-12-9/h8-9,11-12H,2-7H2,1H3,(H2,10,13,14). The Kier molecular flexibility index (Phi) is 5.63. The number of sulfonamides is 1. The number of primary sulfonamides is 1. The molecule has 16 heavy (non-hydrogen) atoms. The average Bonchev–Trinajstić information content (AvgIpc) is 2.17. The van der Waals surface area contributed by atoms with E-state index in [0.717, 1.165) is 26.2 Å². The molecule has 0 aromatic rings. The first-order valence-corrected chi connectivity index (χ1v) is 7.24. The van der Waals surface area contributed by atoms with Gasteiger partial charge in [0.05, 0.1) is 19.0 Å². The van der Waals surface area contributed by atoms with E-state index in [4.69, 9.17) is 9.88 Å². The molecule has 1 heterocycles. The molecule has 1 aliphatic heterocycles. The molecule has 0 aliphatic carbocycles. The predicted molar refractivity (Wildman–Crippen MR) is 62.7 cm³/mol. The molecule has 0 amide bonds. The topological polar surface area (TPSA) is 93.4 Å². The number of hydrogen-bond donors (Lipinski definition) is 3. The summed E-state index contributed by atoms with van der Waals surface area (Å²) in [7, 11) is -3.36. The summed E-state index contributed by atoms with van der Waals surface area (Å²) in [5.41, 5.74) is 0. The Bertz CT molecular complexity index is 288. The molecule has 2 atom stereocenters. The van der Waals surface area contributed by atoms with Gasteiger partial charge < -0.3 is 15.4 Å². The highest BCUT2D eigenvalue weighted by Crippen LogP contribution is 2.02. The highest BCUT2D eigenvalue weighted by molar-refractivity contribution is 7.89. The summed E-state index contributed by atoms with van der Waals surface area (Å²) in [6.07, 6.45) is 0.921. The van der Waals surface area contributed by atoms with Gasteiger partial charge in [-0.1, -0.05) is 0 Å². The van der Waals surface area contributed by atoms with Gasteiger partial charge in [-0.3, -0.25) is 0 Å². The number of ether oxygens (including phenoxy) is 1. The Morgan fingerprint density at radius 3 is 2.94 bits per heavy atom. The zero-order chi connectivity index (χ0) is 12.0. The second kappa shape index (κ2) is 6.51.